The van der Waals surface area contributed by atoms with E-state index in [1.807, 2.05) is 30.3 Å². The molecule has 5 heteroatoms. The van der Waals surface area contributed by atoms with Gasteiger partial charge in [-0.2, -0.15) is 0 Å². The lowest BCUT2D eigenvalue weighted by atomic mass is 10.2. The van der Waals surface area contributed by atoms with Crippen LogP contribution in [-0.2, 0) is 11.3 Å². The Balaban J connectivity index is 0.00000242. The van der Waals surface area contributed by atoms with E-state index in [0.29, 0.717) is 18.8 Å². The van der Waals surface area contributed by atoms with Gasteiger partial charge in [0.05, 0.1) is 13.7 Å². The van der Waals surface area contributed by atoms with E-state index in [0.717, 1.165) is 11.3 Å². The zero-order valence-corrected chi connectivity index (χ0v) is 13.3. The van der Waals surface area contributed by atoms with Crippen LogP contribution in [0, 0.1) is 0 Å². The molecule has 2 rings (SSSR count). The number of halogens is 1. The van der Waals surface area contributed by atoms with Gasteiger partial charge in [0.15, 0.2) is 5.78 Å². The van der Waals surface area contributed by atoms with Gasteiger partial charge in [0, 0.05) is 6.54 Å². The Morgan fingerprint density at radius 2 is 1.64 bits per heavy atom. The molecule has 2 aromatic rings. The van der Waals surface area contributed by atoms with Crippen molar-refractivity contribution >= 4 is 18.2 Å². The van der Waals surface area contributed by atoms with Crippen molar-refractivity contribution in [1.82, 2.24) is 5.32 Å². The number of ketones is 1. The van der Waals surface area contributed by atoms with Gasteiger partial charge in [-0.25, -0.2) is 0 Å². The summed E-state index contributed by atoms with van der Waals surface area (Å²) in [5.74, 6) is 1.44. The van der Waals surface area contributed by atoms with Gasteiger partial charge in [0.1, 0.15) is 18.1 Å². The zero-order valence-electron chi connectivity index (χ0n) is 12.5. The maximum absolute atomic E-state index is 11.7. The molecular weight excluding hydrogens is 302 g/mol. The molecule has 22 heavy (non-hydrogen) atoms. The molecule has 0 aliphatic rings. The van der Waals surface area contributed by atoms with Gasteiger partial charge in [-0.15, -0.1) is 12.4 Å². The standard InChI is InChI=1S/C17H19NO3.ClH/c1-20-16-7-9-17(10-8-16)21-13-15(19)12-18-11-14-5-3-2-4-6-14;/h2-10,18H,11-13H2,1H3;1H. The lowest BCUT2D eigenvalue weighted by molar-refractivity contribution is -0.120. The Morgan fingerprint density at radius 3 is 2.27 bits per heavy atom. The summed E-state index contributed by atoms with van der Waals surface area (Å²) in [5.41, 5.74) is 1.15. The number of carbonyl (C=O) groups excluding carboxylic acids is 1. The molecular formula is C17H20ClNO3. The Labute approximate surface area is 136 Å². The van der Waals surface area contributed by atoms with Crippen molar-refractivity contribution in [3.05, 3.63) is 60.2 Å². The molecule has 0 heterocycles. The number of benzene rings is 2. The molecule has 0 fully saturated rings. The number of Topliss-reactive ketones (excluding diaryl/α,β-unsaturated/α-hetero) is 1. The molecule has 0 aliphatic heterocycles. The lowest BCUT2D eigenvalue weighted by Gasteiger charge is -2.07. The second-order valence-electron chi connectivity index (χ2n) is 4.59. The topological polar surface area (TPSA) is 47.6 Å². The van der Waals surface area contributed by atoms with Crippen LogP contribution < -0.4 is 14.8 Å². The van der Waals surface area contributed by atoms with Crippen molar-refractivity contribution in [3.63, 3.8) is 0 Å². The molecule has 0 aliphatic carbocycles. The zero-order chi connectivity index (χ0) is 14.9. The van der Waals surface area contributed by atoms with Crippen LogP contribution in [0.3, 0.4) is 0 Å². The van der Waals surface area contributed by atoms with E-state index in [4.69, 9.17) is 9.47 Å². The summed E-state index contributed by atoms with van der Waals surface area (Å²) in [7, 11) is 1.61. The summed E-state index contributed by atoms with van der Waals surface area (Å²) >= 11 is 0. The minimum absolute atomic E-state index is 0. The Morgan fingerprint density at radius 1 is 1.00 bits per heavy atom. The molecule has 0 bridgehead atoms. The van der Waals surface area contributed by atoms with Crippen molar-refractivity contribution in [2.45, 2.75) is 6.54 Å². The second-order valence-corrected chi connectivity index (χ2v) is 4.59. The fourth-order valence-electron chi connectivity index (χ4n) is 1.83. The summed E-state index contributed by atoms with van der Waals surface area (Å²) < 4.78 is 10.5. The van der Waals surface area contributed by atoms with Crippen LogP contribution in [0.25, 0.3) is 0 Å². The van der Waals surface area contributed by atoms with Crippen LogP contribution in [0.15, 0.2) is 54.6 Å². The van der Waals surface area contributed by atoms with Gasteiger partial charge in [0.2, 0.25) is 0 Å². The van der Waals surface area contributed by atoms with Crippen LogP contribution in [-0.4, -0.2) is 26.0 Å². The molecule has 2 aromatic carbocycles. The number of rotatable bonds is 8. The SMILES string of the molecule is COc1ccc(OCC(=O)CNCc2ccccc2)cc1.Cl. The van der Waals surface area contributed by atoms with E-state index in [-0.39, 0.29) is 24.8 Å². The van der Waals surface area contributed by atoms with Crippen molar-refractivity contribution in [2.75, 3.05) is 20.3 Å². The average molecular weight is 322 g/mol. The largest absolute Gasteiger partial charge is 0.497 e. The van der Waals surface area contributed by atoms with E-state index in [1.165, 1.54) is 0 Å². The first-order valence-electron chi connectivity index (χ1n) is 6.81. The highest BCUT2D eigenvalue weighted by atomic mass is 35.5. The van der Waals surface area contributed by atoms with Gasteiger partial charge in [0.25, 0.3) is 0 Å². The van der Waals surface area contributed by atoms with E-state index in [1.54, 1.807) is 31.4 Å². The first-order valence-corrected chi connectivity index (χ1v) is 6.81. The first-order chi connectivity index (χ1) is 10.3. The van der Waals surface area contributed by atoms with Crippen LogP contribution >= 0.6 is 12.4 Å². The number of methoxy groups -OCH3 is 1. The Hall–Kier alpha value is -2.04. The second kappa shape index (κ2) is 9.82. The summed E-state index contributed by atoms with van der Waals surface area (Å²) in [6, 6.07) is 17.1. The van der Waals surface area contributed by atoms with Crippen molar-refractivity contribution in [2.24, 2.45) is 0 Å². The maximum Gasteiger partial charge on any atom is 0.183 e. The van der Waals surface area contributed by atoms with Crippen LogP contribution in [0.2, 0.25) is 0 Å². The van der Waals surface area contributed by atoms with E-state index < -0.39 is 0 Å². The molecule has 0 aromatic heterocycles. The predicted molar refractivity (Wildman–Crippen MR) is 88.9 cm³/mol. The highest BCUT2D eigenvalue weighted by Gasteiger charge is 2.03. The minimum atomic E-state index is 0. The summed E-state index contributed by atoms with van der Waals surface area (Å²) in [6.45, 7) is 1.04. The van der Waals surface area contributed by atoms with E-state index in [2.05, 4.69) is 5.32 Å². The third kappa shape index (κ3) is 6.16. The number of hydrogen-bond acceptors (Lipinski definition) is 4. The van der Waals surface area contributed by atoms with Crippen LogP contribution in [0.4, 0.5) is 0 Å². The number of ether oxygens (including phenoxy) is 2. The minimum Gasteiger partial charge on any atom is -0.497 e. The van der Waals surface area contributed by atoms with Gasteiger partial charge in [-0.05, 0) is 29.8 Å². The summed E-state index contributed by atoms with van der Waals surface area (Å²) in [4.78, 5) is 11.7. The Bertz CT molecular complexity index is 558. The number of hydrogen-bond donors (Lipinski definition) is 1. The smallest absolute Gasteiger partial charge is 0.183 e. The molecule has 1 N–H and O–H groups in total. The van der Waals surface area contributed by atoms with E-state index >= 15 is 0 Å². The van der Waals surface area contributed by atoms with Gasteiger partial charge in [-0.3, -0.25) is 4.79 Å². The molecule has 4 nitrogen and oxygen atoms in total. The normalized spacial score (nSPS) is 9.68. The fraction of sp³-hybridized carbons (Fsp3) is 0.235. The van der Waals surface area contributed by atoms with Crippen molar-refractivity contribution < 1.29 is 14.3 Å². The molecule has 0 amide bonds. The van der Waals surface area contributed by atoms with Crippen LogP contribution in [0.5, 0.6) is 11.5 Å². The molecule has 0 unspecified atom stereocenters. The highest BCUT2D eigenvalue weighted by molar-refractivity contribution is 5.85. The molecule has 118 valence electrons. The molecule has 0 spiro atoms. The third-order valence-corrected chi connectivity index (χ3v) is 2.95. The van der Waals surface area contributed by atoms with Gasteiger partial charge < -0.3 is 14.8 Å². The highest BCUT2D eigenvalue weighted by Crippen LogP contribution is 2.16. The van der Waals surface area contributed by atoms with Crippen molar-refractivity contribution in [1.29, 1.82) is 0 Å². The lowest BCUT2D eigenvalue weighted by Crippen LogP contribution is -2.26. The van der Waals surface area contributed by atoms with Gasteiger partial charge >= 0.3 is 0 Å². The molecule has 0 radical (unpaired) electrons. The van der Waals surface area contributed by atoms with Gasteiger partial charge in [-0.1, -0.05) is 30.3 Å². The van der Waals surface area contributed by atoms with E-state index in [9.17, 15) is 4.79 Å². The summed E-state index contributed by atoms with van der Waals surface area (Å²) in [5, 5.41) is 3.11. The first kappa shape index (κ1) is 18.0. The number of carbonyl (C=O) groups is 1. The molecule has 0 saturated carbocycles. The monoisotopic (exact) mass is 321 g/mol. The van der Waals surface area contributed by atoms with Crippen molar-refractivity contribution in [3.8, 4) is 11.5 Å². The van der Waals surface area contributed by atoms with Crippen LogP contribution in [0.1, 0.15) is 5.56 Å². The fourth-order valence-corrected chi connectivity index (χ4v) is 1.83. The third-order valence-electron chi connectivity index (χ3n) is 2.95. The quantitative estimate of drug-likeness (QED) is 0.812. The summed E-state index contributed by atoms with van der Waals surface area (Å²) in [6.07, 6.45) is 0. The molecule has 0 saturated heterocycles. The number of nitrogens with one attached hydrogen (secondary N) is 1. The Kier molecular flexibility index (Phi) is 8.04. The molecule has 0 atom stereocenters. The maximum atomic E-state index is 11.7. The average Bonchev–Trinajstić information content (AvgIpc) is 2.54. The predicted octanol–water partition coefficient (Wildman–Crippen LogP) is 2.85.